The molecule has 23 heavy (non-hydrogen) atoms. The summed E-state index contributed by atoms with van der Waals surface area (Å²) in [4.78, 5) is 21.6. The molecule has 6 nitrogen and oxygen atoms in total. The molecule has 0 aliphatic carbocycles. The van der Waals surface area contributed by atoms with Gasteiger partial charge in [0.05, 0.1) is 30.0 Å². The highest BCUT2D eigenvalue weighted by atomic mass is 35.5. The highest BCUT2D eigenvalue weighted by Crippen LogP contribution is 2.19. The van der Waals surface area contributed by atoms with E-state index in [1.807, 2.05) is 23.9 Å². The van der Waals surface area contributed by atoms with Crippen LogP contribution >= 0.6 is 24.2 Å². The summed E-state index contributed by atoms with van der Waals surface area (Å²) in [6.45, 7) is 4.79. The highest BCUT2D eigenvalue weighted by Gasteiger charge is 2.12. The number of carbonyl (C=O) groups is 1. The number of ether oxygens (including phenoxy) is 1. The monoisotopic (exact) mass is 356 g/mol. The molecule has 2 heterocycles. The van der Waals surface area contributed by atoms with Crippen molar-refractivity contribution < 1.29 is 9.53 Å². The average molecular weight is 357 g/mol. The SMILES string of the molecule is Cl.NC(=O)c1cccc2[nH]c(CSCCN3CCOCC3)nc12. The molecule has 1 aliphatic rings. The number of benzene rings is 1. The highest BCUT2D eigenvalue weighted by molar-refractivity contribution is 7.98. The van der Waals surface area contributed by atoms with E-state index in [9.17, 15) is 4.79 Å². The molecule has 1 amide bonds. The number of H-pyrrole nitrogens is 1. The maximum absolute atomic E-state index is 11.4. The van der Waals surface area contributed by atoms with Crippen LogP contribution in [0.5, 0.6) is 0 Å². The van der Waals surface area contributed by atoms with E-state index in [4.69, 9.17) is 10.5 Å². The van der Waals surface area contributed by atoms with Gasteiger partial charge in [0.15, 0.2) is 0 Å². The molecule has 1 saturated heterocycles. The third kappa shape index (κ3) is 4.60. The van der Waals surface area contributed by atoms with E-state index < -0.39 is 5.91 Å². The van der Waals surface area contributed by atoms with E-state index in [2.05, 4.69) is 14.9 Å². The quantitative estimate of drug-likeness (QED) is 0.769. The minimum atomic E-state index is -0.441. The van der Waals surface area contributed by atoms with Gasteiger partial charge in [-0.25, -0.2) is 4.98 Å². The van der Waals surface area contributed by atoms with Crippen molar-refractivity contribution in [2.75, 3.05) is 38.6 Å². The molecule has 3 N–H and O–H groups in total. The van der Waals surface area contributed by atoms with Crippen LogP contribution in [0.15, 0.2) is 18.2 Å². The van der Waals surface area contributed by atoms with Crippen molar-refractivity contribution in [2.45, 2.75) is 5.75 Å². The van der Waals surface area contributed by atoms with Crippen molar-refractivity contribution in [3.05, 3.63) is 29.6 Å². The summed E-state index contributed by atoms with van der Waals surface area (Å²) in [5.41, 5.74) is 7.38. The first-order chi connectivity index (χ1) is 10.7. The van der Waals surface area contributed by atoms with Gasteiger partial charge in [0.2, 0.25) is 0 Å². The molecular weight excluding hydrogens is 336 g/mol. The molecule has 126 valence electrons. The zero-order valence-corrected chi connectivity index (χ0v) is 14.4. The number of morpholine rings is 1. The molecule has 0 radical (unpaired) electrons. The number of carbonyl (C=O) groups excluding carboxylic acids is 1. The number of nitrogens with two attached hydrogens (primary N) is 1. The Morgan fingerprint density at radius 2 is 2.17 bits per heavy atom. The number of halogens is 1. The van der Waals surface area contributed by atoms with Crippen LogP contribution in [0, 0.1) is 0 Å². The summed E-state index contributed by atoms with van der Waals surface area (Å²) in [7, 11) is 0. The van der Waals surface area contributed by atoms with Crippen LogP contribution in [-0.2, 0) is 10.5 Å². The summed E-state index contributed by atoms with van der Waals surface area (Å²) in [6, 6.07) is 5.44. The first kappa shape index (κ1) is 18.1. The Kier molecular flexibility index (Phi) is 6.71. The van der Waals surface area contributed by atoms with Gasteiger partial charge in [-0.15, -0.1) is 12.4 Å². The summed E-state index contributed by atoms with van der Waals surface area (Å²) in [6.07, 6.45) is 0. The Bertz CT molecular complexity index is 658. The number of thioether (sulfide) groups is 1. The van der Waals surface area contributed by atoms with Gasteiger partial charge in [-0.3, -0.25) is 9.69 Å². The largest absolute Gasteiger partial charge is 0.379 e. The Hall–Kier alpha value is -1.28. The number of hydrogen-bond donors (Lipinski definition) is 2. The van der Waals surface area contributed by atoms with Gasteiger partial charge in [0.1, 0.15) is 11.3 Å². The average Bonchev–Trinajstić information content (AvgIpc) is 2.95. The van der Waals surface area contributed by atoms with E-state index in [0.29, 0.717) is 11.1 Å². The van der Waals surface area contributed by atoms with Gasteiger partial charge >= 0.3 is 0 Å². The van der Waals surface area contributed by atoms with Crippen molar-refractivity contribution in [3.8, 4) is 0 Å². The predicted molar refractivity (Wildman–Crippen MR) is 95.3 cm³/mol. The molecule has 1 aliphatic heterocycles. The van der Waals surface area contributed by atoms with E-state index in [1.165, 1.54) is 0 Å². The van der Waals surface area contributed by atoms with Crippen molar-refractivity contribution in [1.82, 2.24) is 14.9 Å². The van der Waals surface area contributed by atoms with Crippen LogP contribution in [0.2, 0.25) is 0 Å². The predicted octanol–water partition coefficient (Wildman–Crippen LogP) is 1.65. The van der Waals surface area contributed by atoms with E-state index in [-0.39, 0.29) is 12.4 Å². The van der Waals surface area contributed by atoms with Crippen LogP contribution in [0.3, 0.4) is 0 Å². The number of para-hydroxylation sites is 1. The van der Waals surface area contributed by atoms with Gasteiger partial charge in [0, 0.05) is 25.4 Å². The third-order valence-electron chi connectivity index (χ3n) is 3.72. The van der Waals surface area contributed by atoms with Gasteiger partial charge < -0.3 is 15.5 Å². The van der Waals surface area contributed by atoms with Crippen LogP contribution < -0.4 is 5.73 Å². The maximum atomic E-state index is 11.4. The first-order valence-electron chi connectivity index (χ1n) is 7.39. The smallest absolute Gasteiger partial charge is 0.250 e. The molecule has 1 aromatic carbocycles. The lowest BCUT2D eigenvalue weighted by molar-refractivity contribution is 0.0410. The Labute approximate surface area is 145 Å². The minimum absolute atomic E-state index is 0. The minimum Gasteiger partial charge on any atom is -0.379 e. The number of imidazole rings is 1. The van der Waals surface area contributed by atoms with Crippen LogP contribution in [-0.4, -0.2) is 59.4 Å². The van der Waals surface area contributed by atoms with Crippen molar-refractivity contribution in [3.63, 3.8) is 0 Å². The lowest BCUT2D eigenvalue weighted by atomic mass is 10.2. The fraction of sp³-hybridized carbons (Fsp3) is 0.467. The lowest BCUT2D eigenvalue weighted by Crippen LogP contribution is -2.37. The van der Waals surface area contributed by atoms with Gasteiger partial charge in [0.25, 0.3) is 5.91 Å². The molecule has 3 rings (SSSR count). The molecule has 0 saturated carbocycles. The number of nitrogens with zero attached hydrogens (tertiary/aromatic N) is 2. The van der Waals surface area contributed by atoms with Crippen LogP contribution in [0.1, 0.15) is 16.2 Å². The van der Waals surface area contributed by atoms with E-state index in [1.54, 1.807) is 6.07 Å². The second kappa shape index (κ2) is 8.54. The van der Waals surface area contributed by atoms with Crippen molar-refractivity contribution >= 4 is 41.1 Å². The molecule has 1 aromatic heterocycles. The summed E-state index contributed by atoms with van der Waals surface area (Å²) < 4.78 is 5.34. The first-order valence-corrected chi connectivity index (χ1v) is 8.55. The third-order valence-corrected chi connectivity index (χ3v) is 4.67. The molecule has 0 unspecified atom stereocenters. The second-order valence-electron chi connectivity index (χ2n) is 5.26. The maximum Gasteiger partial charge on any atom is 0.250 e. The number of aromatic nitrogens is 2. The molecule has 1 fully saturated rings. The van der Waals surface area contributed by atoms with Crippen LogP contribution in [0.25, 0.3) is 11.0 Å². The number of rotatable bonds is 6. The standard InChI is InChI=1S/C15H20N4O2S.ClH/c16-15(20)11-2-1-3-12-14(11)18-13(17-12)10-22-9-6-19-4-7-21-8-5-19;/h1-3H,4-10H2,(H2,16,20)(H,17,18);1H. The number of amides is 1. The summed E-state index contributed by atoms with van der Waals surface area (Å²) in [5.74, 6) is 2.30. The van der Waals surface area contributed by atoms with Gasteiger partial charge in [-0.05, 0) is 12.1 Å². The molecule has 0 bridgehead atoms. The van der Waals surface area contributed by atoms with Gasteiger partial charge in [-0.2, -0.15) is 11.8 Å². The number of primary amides is 1. The zero-order chi connectivity index (χ0) is 15.4. The number of aromatic amines is 1. The summed E-state index contributed by atoms with van der Waals surface area (Å²) in [5, 5.41) is 0. The Morgan fingerprint density at radius 1 is 1.39 bits per heavy atom. The second-order valence-corrected chi connectivity index (χ2v) is 6.36. The Balaban J connectivity index is 0.00000192. The normalized spacial score (nSPS) is 15.5. The molecule has 2 aromatic rings. The Morgan fingerprint density at radius 3 is 2.91 bits per heavy atom. The molecule has 0 atom stereocenters. The number of fused-ring (bicyclic) bond motifs is 1. The molecular formula is C15H21ClN4O2S. The van der Waals surface area contributed by atoms with Crippen molar-refractivity contribution in [1.29, 1.82) is 0 Å². The summed E-state index contributed by atoms with van der Waals surface area (Å²) >= 11 is 1.84. The van der Waals surface area contributed by atoms with E-state index in [0.717, 1.165) is 55.7 Å². The van der Waals surface area contributed by atoms with E-state index >= 15 is 0 Å². The van der Waals surface area contributed by atoms with Gasteiger partial charge in [-0.1, -0.05) is 6.07 Å². The topological polar surface area (TPSA) is 84.2 Å². The fourth-order valence-corrected chi connectivity index (χ4v) is 3.40. The fourth-order valence-electron chi connectivity index (χ4n) is 2.54. The lowest BCUT2D eigenvalue weighted by Gasteiger charge is -2.26. The molecule has 8 heteroatoms. The zero-order valence-electron chi connectivity index (χ0n) is 12.8. The molecule has 0 spiro atoms. The van der Waals surface area contributed by atoms with Crippen LogP contribution in [0.4, 0.5) is 0 Å². The number of nitrogens with one attached hydrogen (secondary N) is 1. The number of hydrogen-bond acceptors (Lipinski definition) is 5. The van der Waals surface area contributed by atoms with Crippen molar-refractivity contribution in [2.24, 2.45) is 5.73 Å².